The van der Waals surface area contributed by atoms with E-state index in [1.807, 2.05) is 45.0 Å². The third-order valence-corrected chi connectivity index (χ3v) is 5.91. The van der Waals surface area contributed by atoms with Gasteiger partial charge in [-0.3, -0.25) is 14.6 Å². The lowest BCUT2D eigenvalue weighted by atomic mass is 9.96. The Labute approximate surface area is 181 Å². The molecule has 1 aromatic carbocycles. The zero-order valence-electron chi connectivity index (χ0n) is 17.1. The number of fused-ring (bicyclic) bond motifs is 1. The average Bonchev–Trinajstić information content (AvgIpc) is 3.32. The molecule has 0 saturated heterocycles. The van der Waals surface area contributed by atoms with Crippen LogP contribution in [0.4, 0.5) is 17.4 Å². The third kappa shape index (κ3) is 3.55. The molecule has 0 bridgehead atoms. The van der Waals surface area contributed by atoms with Gasteiger partial charge in [-0.25, -0.2) is 4.98 Å². The number of carbonyl (C=O) groups is 1. The highest BCUT2D eigenvalue weighted by molar-refractivity contribution is 7.21. The van der Waals surface area contributed by atoms with Gasteiger partial charge in [0, 0.05) is 10.9 Å². The van der Waals surface area contributed by atoms with E-state index in [0.29, 0.717) is 15.8 Å². The molecule has 3 heterocycles. The molecule has 9 nitrogen and oxygen atoms in total. The van der Waals surface area contributed by atoms with E-state index in [1.165, 1.54) is 0 Å². The summed E-state index contributed by atoms with van der Waals surface area (Å²) >= 11 is 1.10. The van der Waals surface area contributed by atoms with Crippen LogP contribution in [-0.2, 0) is 0 Å². The van der Waals surface area contributed by atoms with Gasteiger partial charge in [0.2, 0.25) is 5.27 Å². The number of anilines is 3. The van der Waals surface area contributed by atoms with Crippen LogP contribution in [0.5, 0.6) is 0 Å². The minimum atomic E-state index is -0.459. The molecule has 31 heavy (non-hydrogen) atoms. The number of hydrogen-bond acceptors (Lipinski definition) is 8. The van der Waals surface area contributed by atoms with Crippen LogP contribution in [-0.4, -0.2) is 16.2 Å². The van der Waals surface area contributed by atoms with Gasteiger partial charge >= 0.3 is 5.88 Å². The van der Waals surface area contributed by atoms with E-state index in [1.54, 1.807) is 10.9 Å². The lowest BCUT2D eigenvalue weighted by Gasteiger charge is -2.10. The van der Waals surface area contributed by atoms with Gasteiger partial charge < -0.3 is 11.5 Å². The summed E-state index contributed by atoms with van der Waals surface area (Å²) in [5.74, 6) is -0.175. The number of nitrogens with one attached hydrogen (secondary N) is 1. The Morgan fingerprint density at radius 2 is 2.00 bits per heavy atom. The molecule has 5 N–H and O–H groups in total. The van der Waals surface area contributed by atoms with Crippen LogP contribution < -0.4 is 21.5 Å². The first-order valence-electron chi connectivity index (χ1n) is 9.48. The maximum absolute atomic E-state index is 12.9. The molecule has 0 unspecified atom stereocenters. The second kappa shape index (κ2) is 7.70. The smallest absolute Gasteiger partial charge is 0.302 e. The van der Waals surface area contributed by atoms with E-state index in [0.717, 1.165) is 22.5 Å². The first-order chi connectivity index (χ1) is 14.8. The predicted molar refractivity (Wildman–Crippen MR) is 118 cm³/mol. The number of thiophene rings is 1. The van der Waals surface area contributed by atoms with Crippen LogP contribution in [0.3, 0.4) is 0 Å². The number of hydrogen-bond donors (Lipinski definition) is 3. The van der Waals surface area contributed by atoms with E-state index >= 15 is 0 Å². The molecule has 10 heteroatoms. The number of aromatic nitrogens is 3. The molecule has 0 atom stereocenters. The number of benzene rings is 1. The summed E-state index contributed by atoms with van der Waals surface area (Å²) in [6, 6.07) is 9.85. The van der Waals surface area contributed by atoms with Gasteiger partial charge in [0.25, 0.3) is 12.1 Å². The normalized spacial score (nSPS) is 11.1. The number of nitrogen functional groups attached to an aromatic ring is 2. The zero-order valence-corrected chi connectivity index (χ0v) is 17.9. The molecule has 0 aliphatic heterocycles. The molecule has 0 aliphatic rings. The number of carbonyl (C=O) groups excluding carboxylic acids is 1. The Balaban J connectivity index is 1.84. The van der Waals surface area contributed by atoms with Crippen molar-refractivity contribution in [2.75, 3.05) is 16.8 Å². The quantitative estimate of drug-likeness (QED) is 0.417. The van der Waals surface area contributed by atoms with E-state index in [4.69, 9.17) is 16.0 Å². The first-order valence-corrected chi connectivity index (χ1v) is 10.3. The van der Waals surface area contributed by atoms with E-state index in [-0.39, 0.29) is 33.9 Å². The average molecular weight is 435 g/mol. The maximum atomic E-state index is 12.9. The van der Waals surface area contributed by atoms with Gasteiger partial charge in [0.1, 0.15) is 27.2 Å². The van der Waals surface area contributed by atoms with Crippen LogP contribution >= 0.6 is 11.3 Å². The molecule has 3 aromatic heterocycles. The lowest BCUT2D eigenvalue weighted by molar-refractivity contribution is -0.779. The summed E-state index contributed by atoms with van der Waals surface area (Å²) in [7, 11) is 0. The van der Waals surface area contributed by atoms with Gasteiger partial charge in [-0.1, -0.05) is 29.8 Å². The van der Waals surface area contributed by atoms with Gasteiger partial charge in [0.05, 0.1) is 5.69 Å². The van der Waals surface area contributed by atoms with Crippen molar-refractivity contribution in [3.63, 3.8) is 0 Å². The van der Waals surface area contributed by atoms with Crippen LogP contribution in [0.25, 0.3) is 21.3 Å². The Morgan fingerprint density at radius 3 is 2.61 bits per heavy atom. The Bertz CT molecular complexity index is 1350. The summed E-state index contributed by atoms with van der Waals surface area (Å²) in [6.07, 6.45) is 1.59. The molecular weight excluding hydrogens is 414 g/mol. The molecule has 1 amide bonds. The van der Waals surface area contributed by atoms with Crippen molar-refractivity contribution in [3.8, 4) is 17.2 Å². The Hall–Kier alpha value is -3.97. The molecule has 156 valence electrons. The molecule has 0 aliphatic carbocycles. The van der Waals surface area contributed by atoms with Crippen molar-refractivity contribution in [3.05, 3.63) is 46.5 Å². The van der Waals surface area contributed by atoms with Gasteiger partial charge in [-0.05, 0) is 31.0 Å². The number of nitriles is 1. The van der Waals surface area contributed by atoms with Crippen molar-refractivity contribution >= 4 is 44.9 Å². The maximum Gasteiger partial charge on any atom is 0.302 e. The summed E-state index contributed by atoms with van der Waals surface area (Å²) in [4.78, 5) is 18.0. The lowest BCUT2D eigenvalue weighted by Crippen LogP contribution is -2.36. The van der Waals surface area contributed by atoms with E-state index in [9.17, 15) is 10.1 Å². The largest absolute Gasteiger partial charge is 0.397 e. The fourth-order valence-corrected chi connectivity index (χ4v) is 4.19. The number of nitrogens with two attached hydrogens (primary N) is 2. The van der Waals surface area contributed by atoms with Crippen molar-refractivity contribution in [2.24, 2.45) is 0 Å². The van der Waals surface area contributed by atoms with Crippen LogP contribution in [0.15, 0.2) is 35.0 Å². The molecule has 4 aromatic rings. The predicted octanol–water partition coefficient (Wildman–Crippen LogP) is 3.42. The first kappa shape index (κ1) is 20.3. The van der Waals surface area contributed by atoms with E-state index < -0.39 is 5.91 Å². The minimum Gasteiger partial charge on any atom is -0.397 e. The molecule has 0 spiro atoms. The van der Waals surface area contributed by atoms with Crippen molar-refractivity contribution < 1.29 is 14.0 Å². The topological polar surface area (TPSA) is 148 Å². The van der Waals surface area contributed by atoms with Gasteiger partial charge in [-0.15, -0.1) is 11.3 Å². The third-order valence-electron chi connectivity index (χ3n) is 4.81. The Kier molecular flexibility index (Phi) is 5.04. The second-order valence-electron chi connectivity index (χ2n) is 7.34. The van der Waals surface area contributed by atoms with Crippen molar-refractivity contribution in [1.82, 2.24) is 10.3 Å². The Morgan fingerprint density at radius 1 is 1.29 bits per heavy atom. The fourth-order valence-electron chi connectivity index (χ4n) is 3.19. The standard InChI is InChI=1S/C21H19N7O2S/c1-10(2)28-9-14(30-27-28)25-20(29)18-17(23)16-15(12-6-4-11(3)5-7-12)13(8-22)19(24)26-21(16)31-18/h4-7,9-10H,1-3H3,(H4-,23,24,25,26,27,29)/p+1. The fraction of sp³-hybridized carbons (Fsp3) is 0.190. The highest BCUT2D eigenvalue weighted by Gasteiger charge is 2.26. The molecule has 0 fully saturated rings. The van der Waals surface area contributed by atoms with Gasteiger partial charge in [0.15, 0.2) is 6.04 Å². The number of pyridine rings is 1. The summed E-state index contributed by atoms with van der Waals surface area (Å²) in [5, 5.41) is 16.8. The van der Waals surface area contributed by atoms with Crippen molar-refractivity contribution in [1.29, 1.82) is 5.26 Å². The van der Waals surface area contributed by atoms with Gasteiger partial charge in [-0.2, -0.15) is 5.26 Å². The summed E-state index contributed by atoms with van der Waals surface area (Å²) in [5.41, 5.74) is 15.3. The molecular formula is C21H20N7O2S+. The zero-order chi connectivity index (χ0) is 22.3. The number of rotatable bonds is 4. The summed E-state index contributed by atoms with van der Waals surface area (Å²) in [6.45, 7) is 5.85. The highest BCUT2D eigenvalue weighted by Crippen LogP contribution is 2.42. The number of amides is 1. The molecule has 0 saturated carbocycles. The highest BCUT2D eigenvalue weighted by atomic mass is 32.1. The second-order valence-corrected chi connectivity index (χ2v) is 8.34. The molecule has 0 radical (unpaired) electrons. The van der Waals surface area contributed by atoms with Crippen molar-refractivity contribution in [2.45, 2.75) is 26.8 Å². The summed E-state index contributed by atoms with van der Waals surface area (Å²) < 4.78 is 6.74. The number of nitrogens with zero attached hydrogens (tertiary/aromatic N) is 4. The monoisotopic (exact) mass is 434 g/mol. The van der Waals surface area contributed by atoms with Crippen LogP contribution in [0, 0.1) is 18.3 Å². The van der Waals surface area contributed by atoms with Crippen LogP contribution in [0.1, 0.15) is 40.7 Å². The SMILES string of the molecule is Cc1ccc(-c2c(C#N)c(N)nc3sc(C(=O)Nc4c[n+](C(C)C)no4)c(N)c23)cc1. The van der Waals surface area contributed by atoms with Crippen LogP contribution in [0.2, 0.25) is 0 Å². The number of aryl methyl sites for hydroxylation is 1. The minimum absolute atomic E-state index is 0.0810. The van der Waals surface area contributed by atoms with E-state index in [2.05, 4.69) is 21.6 Å². The molecule has 4 rings (SSSR count).